The van der Waals surface area contributed by atoms with Gasteiger partial charge in [-0.2, -0.15) is 5.10 Å². The first-order valence-corrected chi connectivity index (χ1v) is 7.92. The van der Waals surface area contributed by atoms with Gasteiger partial charge in [0.15, 0.2) is 0 Å². The zero-order valence-corrected chi connectivity index (χ0v) is 12.3. The predicted octanol–water partition coefficient (Wildman–Crippen LogP) is 2.47. The van der Waals surface area contributed by atoms with Gasteiger partial charge in [-0.3, -0.25) is 9.69 Å². The molecule has 0 fully saturated rings. The molecule has 0 bridgehead atoms. The molecule has 0 saturated heterocycles. The fourth-order valence-electron chi connectivity index (χ4n) is 2.85. The summed E-state index contributed by atoms with van der Waals surface area (Å²) in [6.07, 6.45) is 2.84. The van der Waals surface area contributed by atoms with Crippen molar-refractivity contribution in [3.8, 4) is 0 Å². The van der Waals surface area contributed by atoms with Crippen LogP contribution in [0, 0.1) is 0 Å². The molecule has 1 aliphatic rings. The number of rotatable bonds is 2. The van der Waals surface area contributed by atoms with Crippen molar-refractivity contribution in [3.63, 3.8) is 0 Å². The summed E-state index contributed by atoms with van der Waals surface area (Å²) in [4.78, 5) is 16.2. The Labute approximate surface area is 126 Å². The lowest BCUT2D eigenvalue weighted by molar-refractivity contribution is 0.187. The molecule has 0 aliphatic carbocycles. The van der Waals surface area contributed by atoms with Crippen LogP contribution in [-0.4, -0.2) is 21.2 Å². The summed E-state index contributed by atoms with van der Waals surface area (Å²) < 4.78 is 1.57. The van der Waals surface area contributed by atoms with Crippen molar-refractivity contribution in [2.45, 2.75) is 19.6 Å². The highest BCUT2D eigenvalue weighted by Gasteiger charge is 2.18. The van der Waals surface area contributed by atoms with Crippen molar-refractivity contribution in [2.75, 3.05) is 6.54 Å². The van der Waals surface area contributed by atoms with E-state index >= 15 is 0 Å². The quantitative estimate of drug-likeness (QED) is 0.729. The van der Waals surface area contributed by atoms with Gasteiger partial charge in [-0.1, -0.05) is 18.2 Å². The van der Waals surface area contributed by atoms with Gasteiger partial charge in [0.05, 0.1) is 18.3 Å². The Morgan fingerprint density at radius 3 is 3.10 bits per heavy atom. The Morgan fingerprint density at radius 1 is 1.24 bits per heavy atom. The molecule has 4 nitrogen and oxygen atoms in total. The third-order valence-electron chi connectivity index (χ3n) is 3.98. The maximum atomic E-state index is 12.5. The van der Waals surface area contributed by atoms with E-state index in [1.54, 1.807) is 10.9 Å². The molecule has 0 saturated carbocycles. The van der Waals surface area contributed by atoms with E-state index in [4.69, 9.17) is 0 Å². The second-order valence-corrected chi connectivity index (χ2v) is 6.35. The normalized spacial score (nSPS) is 15.2. The van der Waals surface area contributed by atoms with Crippen molar-refractivity contribution in [2.24, 2.45) is 0 Å². The third-order valence-corrected chi connectivity index (χ3v) is 5.01. The van der Waals surface area contributed by atoms with Gasteiger partial charge < -0.3 is 0 Å². The second-order valence-electron chi connectivity index (χ2n) is 5.35. The molecule has 106 valence electrons. The highest BCUT2D eigenvalue weighted by molar-refractivity contribution is 7.10. The van der Waals surface area contributed by atoms with Crippen LogP contribution in [0.15, 0.2) is 46.7 Å². The van der Waals surface area contributed by atoms with Crippen LogP contribution in [0.25, 0.3) is 10.8 Å². The van der Waals surface area contributed by atoms with Crippen LogP contribution in [-0.2, 0) is 19.6 Å². The van der Waals surface area contributed by atoms with Gasteiger partial charge in [0, 0.05) is 23.4 Å². The van der Waals surface area contributed by atoms with Gasteiger partial charge in [-0.05, 0) is 29.5 Å². The Morgan fingerprint density at radius 2 is 2.14 bits per heavy atom. The second kappa shape index (κ2) is 5.09. The molecule has 0 N–H and O–H groups in total. The molecule has 21 heavy (non-hydrogen) atoms. The molecule has 0 unspecified atom stereocenters. The molecule has 3 aromatic rings. The molecule has 1 aromatic carbocycles. The van der Waals surface area contributed by atoms with Crippen molar-refractivity contribution in [1.29, 1.82) is 0 Å². The lowest BCUT2D eigenvalue weighted by atomic mass is 10.1. The number of thiophene rings is 1. The highest BCUT2D eigenvalue weighted by Crippen LogP contribution is 2.24. The zero-order chi connectivity index (χ0) is 14.2. The van der Waals surface area contributed by atoms with Gasteiger partial charge in [-0.15, -0.1) is 11.3 Å². The van der Waals surface area contributed by atoms with Crippen LogP contribution >= 0.6 is 11.3 Å². The Bertz CT molecular complexity index is 852. The smallest absolute Gasteiger partial charge is 0.275 e. The van der Waals surface area contributed by atoms with Crippen molar-refractivity contribution >= 4 is 22.1 Å². The van der Waals surface area contributed by atoms with Crippen LogP contribution in [0.2, 0.25) is 0 Å². The van der Waals surface area contributed by atoms with Crippen molar-refractivity contribution < 1.29 is 0 Å². The largest absolute Gasteiger partial charge is 0.280 e. The molecule has 0 radical (unpaired) electrons. The Hall–Kier alpha value is -1.98. The van der Waals surface area contributed by atoms with Crippen LogP contribution in [0.3, 0.4) is 0 Å². The number of aromatic nitrogens is 2. The van der Waals surface area contributed by atoms with Crippen LogP contribution < -0.4 is 5.56 Å². The lowest BCUT2D eigenvalue weighted by Crippen LogP contribution is -2.36. The first kappa shape index (κ1) is 12.7. The fraction of sp³-hybridized carbons (Fsp3) is 0.250. The van der Waals surface area contributed by atoms with E-state index in [9.17, 15) is 4.79 Å². The van der Waals surface area contributed by atoms with Gasteiger partial charge in [-0.25, -0.2) is 4.68 Å². The average Bonchev–Trinajstić information content (AvgIpc) is 2.98. The van der Waals surface area contributed by atoms with Crippen LogP contribution in [0.5, 0.6) is 0 Å². The van der Waals surface area contributed by atoms with E-state index in [0.717, 1.165) is 30.3 Å². The standard InChI is InChI=1S/C16H15N3OS/c20-16-14-4-2-1-3-12(14)9-17-19(16)11-18-7-5-15-13(10-18)6-8-21-15/h1-4,6,8-9H,5,7,10-11H2. The summed E-state index contributed by atoms with van der Waals surface area (Å²) in [7, 11) is 0. The summed E-state index contributed by atoms with van der Waals surface area (Å²) in [6, 6.07) is 9.79. The predicted molar refractivity (Wildman–Crippen MR) is 84.4 cm³/mol. The van der Waals surface area contributed by atoms with Crippen LogP contribution in [0.1, 0.15) is 10.4 Å². The molecule has 3 heterocycles. The fourth-order valence-corrected chi connectivity index (χ4v) is 3.74. The summed E-state index contributed by atoms with van der Waals surface area (Å²) in [5.41, 5.74) is 1.38. The average molecular weight is 297 g/mol. The number of nitrogens with zero attached hydrogens (tertiary/aromatic N) is 3. The maximum absolute atomic E-state index is 12.5. The molecule has 2 aromatic heterocycles. The molecular weight excluding hydrogens is 282 g/mol. The molecule has 5 heteroatoms. The topological polar surface area (TPSA) is 38.1 Å². The number of benzene rings is 1. The Kier molecular flexibility index (Phi) is 3.09. The minimum absolute atomic E-state index is 0.00999. The number of hydrogen-bond donors (Lipinski definition) is 0. The summed E-state index contributed by atoms with van der Waals surface area (Å²) in [5, 5.41) is 8.09. The molecule has 1 aliphatic heterocycles. The van der Waals surface area contributed by atoms with Crippen molar-refractivity contribution in [1.82, 2.24) is 14.7 Å². The maximum Gasteiger partial charge on any atom is 0.275 e. The minimum atomic E-state index is -0.00999. The van der Waals surface area contributed by atoms with E-state index in [2.05, 4.69) is 21.4 Å². The van der Waals surface area contributed by atoms with Gasteiger partial charge in [0.2, 0.25) is 0 Å². The van der Waals surface area contributed by atoms with E-state index in [-0.39, 0.29) is 5.56 Å². The lowest BCUT2D eigenvalue weighted by Gasteiger charge is -2.26. The van der Waals surface area contributed by atoms with E-state index in [1.165, 1.54) is 10.4 Å². The summed E-state index contributed by atoms with van der Waals surface area (Å²) >= 11 is 1.83. The molecule has 0 atom stereocenters. The highest BCUT2D eigenvalue weighted by atomic mass is 32.1. The molecule has 4 rings (SSSR count). The first-order valence-electron chi connectivity index (χ1n) is 7.04. The molecular formula is C16H15N3OS. The summed E-state index contributed by atoms with van der Waals surface area (Å²) in [6.45, 7) is 2.44. The van der Waals surface area contributed by atoms with Gasteiger partial charge in [0.25, 0.3) is 5.56 Å². The Balaban J connectivity index is 1.63. The summed E-state index contributed by atoms with van der Waals surface area (Å²) in [5.74, 6) is 0. The number of hydrogen-bond acceptors (Lipinski definition) is 4. The SMILES string of the molecule is O=c1c2ccccc2cnn1CN1CCc2sccc2C1. The number of fused-ring (bicyclic) bond motifs is 2. The third kappa shape index (κ3) is 2.28. The van der Waals surface area contributed by atoms with Crippen molar-refractivity contribution in [3.05, 3.63) is 62.7 Å². The monoisotopic (exact) mass is 297 g/mol. The van der Waals surface area contributed by atoms with Gasteiger partial charge >= 0.3 is 0 Å². The molecule has 0 amide bonds. The van der Waals surface area contributed by atoms with E-state index in [1.807, 2.05) is 35.6 Å². The van der Waals surface area contributed by atoms with Gasteiger partial charge in [0.1, 0.15) is 0 Å². The first-order chi connectivity index (χ1) is 10.3. The zero-order valence-electron chi connectivity index (χ0n) is 11.5. The minimum Gasteiger partial charge on any atom is -0.280 e. The van der Waals surface area contributed by atoms with E-state index < -0.39 is 0 Å². The van der Waals surface area contributed by atoms with Crippen LogP contribution in [0.4, 0.5) is 0 Å². The van der Waals surface area contributed by atoms with E-state index in [0.29, 0.717) is 6.67 Å². The molecule has 0 spiro atoms.